The molecule has 2 N–H and O–H groups in total. The molecule has 0 radical (unpaired) electrons. The molecule has 5 heteroatoms. The standard InChI is InChI=1S/C11H14O5/c1-7(12)6-16-10-5-8(11(13)14)3-4-9(10)15-2/h3-5,7,12H,6H2,1-2H3,(H,13,14)/t7-/m1/s1. The highest BCUT2D eigenvalue weighted by molar-refractivity contribution is 5.88. The highest BCUT2D eigenvalue weighted by Crippen LogP contribution is 2.28. The van der Waals surface area contributed by atoms with Crippen molar-refractivity contribution >= 4 is 5.97 Å². The van der Waals surface area contributed by atoms with E-state index in [9.17, 15) is 4.79 Å². The van der Waals surface area contributed by atoms with Crippen LogP contribution in [0.1, 0.15) is 17.3 Å². The monoisotopic (exact) mass is 226 g/mol. The molecule has 16 heavy (non-hydrogen) atoms. The van der Waals surface area contributed by atoms with E-state index >= 15 is 0 Å². The summed E-state index contributed by atoms with van der Waals surface area (Å²) in [6.07, 6.45) is -0.627. The van der Waals surface area contributed by atoms with Crippen molar-refractivity contribution < 1.29 is 24.5 Å². The predicted molar refractivity (Wildman–Crippen MR) is 57.1 cm³/mol. The van der Waals surface area contributed by atoms with Gasteiger partial charge in [0, 0.05) is 0 Å². The number of aliphatic hydroxyl groups excluding tert-OH is 1. The average molecular weight is 226 g/mol. The molecule has 5 nitrogen and oxygen atoms in total. The first kappa shape index (κ1) is 12.3. The Morgan fingerprint density at radius 2 is 2.12 bits per heavy atom. The number of benzene rings is 1. The third-order valence-corrected chi connectivity index (χ3v) is 1.89. The molecule has 0 aliphatic rings. The molecule has 0 aliphatic heterocycles. The first-order chi connectivity index (χ1) is 7.54. The van der Waals surface area contributed by atoms with Crippen LogP contribution >= 0.6 is 0 Å². The molecule has 88 valence electrons. The largest absolute Gasteiger partial charge is 0.493 e. The molecule has 0 saturated carbocycles. The number of aliphatic hydroxyl groups is 1. The van der Waals surface area contributed by atoms with Crippen LogP contribution in [-0.2, 0) is 0 Å². The SMILES string of the molecule is COc1ccc(C(=O)O)cc1OC[C@@H](C)O. The van der Waals surface area contributed by atoms with Crippen LogP contribution in [0.4, 0.5) is 0 Å². The maximum Gasteiger partial charge on any atom is 0.335 e. The summed E-state index contributed by atoms with van der Waals surface area (Å²) in [5.41, 5.74) is 0.112. The maximum absolute atomic E-state index is 10.7. The van der Waals surface area contributed by atoms with E-state index in [1.165, 1.54) is 25.3 Å². The van der Waals surface area contributed by atoms with Crippen LogP contribution in [0.2, 0.25) is 0 Å². The fraction of sp³-hybridized carbons (Fsp3) is 0.364. The number of rotatable bonds is 5. The number of aromatic carboxylic acids is 1. The summed E-state index contributed by atoms with van der Waals surface area (Å²) in [6.45, 7) is 1.66. The summed E-state index contributed by atoms with van der Waals surface area (Å²) >= 11 is 0. The second kappa shape index (κ2) is 5.37. The van der Waals surface area contributed by atoms with Gasteiger partial charge >= 0.3 is 5.97 Å². The zero-order valence-electron chi connectivity index (χ0n) is 9.14. The molecule has 0 unspecified atom stereocenters. The van der Waals surface area contributed by atoms with Gasteiger partial charge in [-0.05, 0) is 25.1 Å². The third kappa shape index (κ3) is 3.13. The van der Waals surface area contributed by atoms with Crippen LogP contribution in [0.15, 0.2) is 18.2 Å². The van der Waals surface area contributed by atoms with E-state index in [1.807, 2.05) is 0 Å². The van der Waals surface area contributed by atoms with Gasteiger partial charge in [0.15, 0.2) is 11.5 Å². The minimum atomic E-state index is -1.04. The van der Waals surface area contributed by atoms with E-state index in [-0.39, 0.29) is 12.2 Å². The fourth-order valence-corrected chi connectivity index (χ4v) is 1.13. The lowest BCUT2D eigenvalue weighted by molar-refractivity contribution is 0.0696. The van der Waals surface area contributed by atoms with Gasteiger partial charge in [-0.3, -0.25) is 0 Å². The third-order valence-electron chi connectivity index (χ3n) is 1.89. The van der Waals surface area contributed by atoms with Crippen molar-refractivity contribution in [2.45, 2.75) is 13.0 Å². The highest BCUT2D eigenvalue weighted by atomic mass is 16.5. The number of hydrogen-bond donors (Lipinski definition) is 2. The van der Waals surface area contributed by atoms with Gasteiger partial charge in [-0.15, -0.1) is 0 Å². The fourth-order valence-electron chi connectivity index (χ4n) is 1.13. The van der Waals surface area contributed by atoms with E-state index in [0.29, 0.717) is 11.5 Å². The predicted octanol–water partition coefficient (Wildman–Crippen LogP) is 1.15. The van der Waals surface area contributed by atoms with Crippen LogP contribution < -0.4 is 9.47 Å². The lowest BCUT2D eigenvalue weighted by Gasteiger charge is -2.12. The average Bonchev–Trinajstić information content (AvgIpc) is 2.25. The number of hydrogen-bond acceptors (Lipinski definition) is 4. The Bertz CT molecular complexity index is 373. The lowest BCUT2D eigenvalue weighted by atomic mass is 10.2. The summed E-state index contributed by atoms with van der Waals surface area (Å²) in [6, 6.07) is 4.31. The molecule has 0 saturated heterocycles. The summed E-state index contributed by atoms with van der Waals surface area (Å²) in [5, 5.41) is 17.9. The second-order valence-electron chi connectivity index (χ2n) is 3.33. The Labute approximate surface area is 93.2 Å². The molecule has 0 aliphatic carbocycles. The summed E-state index contributed by atoms with van der Waals surface area (Å²) in [5.74, 6) is -0.293. The molecule has 0 aromatic heterocycles. The van der Waals surface area contributed by atoms with Crippen molar-refractivity contribution in [3.8, 4) is 11.5 Å². The minimum Gasteiger partial charge on any atom is -0.493 e. The first-order valence-corrected chi connectivity index (χ1v) is 4.76. The maximum atomic E-state index is 10.7. The smallest absolute Gasteiger partial charge is 0.335 e. The van der Waals surface area contributed by atoms with Gasteiger partial charge in [0.25, 0.3) is 0 Å². The molecule has 0 bridgehead atoms. The number of carboxylic acids is 1. The summed E-state index contributed by atoms with van der Waals surface area (Å²) in [4.78, 5) is 10.7. The Balaban J connectivity index is 2.93. The van der Waals surface area contributed by atoms with E-state index in [2.05, 4.69) is 0 Å². The Morgan fingerprint density at radius 1 is 1.44 bits per heavy atom. The Kier molecular flexibility index (Phi) is 4.13. The van der Waals surface area contributed by atoms with Gasteiger partial charge < -0.3 is 19.7 Å². The zero-order valence-corrected chi connectivity index (χ0v) is 9.14. The van der Waals surface area contributed by atoms with Crippen molar-refractivity contribution in [1.82, 2.24) is 0 Å². The molecule has 0 fully saturated rings. The molecule has 1 atom stereocenters. The van der Waals surface area contributed by atoms with Crippen molar-refractivity contribution in [1.29, 1.82) is 0 Å². The van der Waals surface area contributed by atoms with Crippen molar-refractivity contribution in [3.63, 3.8) is 0 Å². The Morgan fingerprint density at radius 3 is 2.62 bits per heavy atom. The molecular formula is C11H14O5. The van der Waals surface area contributed by atoms with E-state index < -0.39 is 12.1 Å². The summed E-state index contributed by atoms with van der Waals surface area (Å²) < 4.78 is 10.3. The molecule has 1 rings (SSSR count). The minimum absolute atomic E-state index is 0.0828. The topological polar surface area (TPSA) is 76.0 Å². The van der Waals surface area contributed by atoms with Gasteiger partial charge in [-0.2, -0.15) is 0 Å². The van der Waals surface area contributed by atoms with Crippen molar-refractivity contribution in [2.24, 2.45) is 0 Å². The zero-order chi connectivity index (χ0) is 12.1. The summed E-state index contributed by atoms with van der Waals surface area (Å²) in [7, 11) is 1.46. The highest BCUT2D eigenvalue weighted by Gasteiger charge is 2.10. The van der Waals surface area contributed by atoms with Crippen LogP contribution in [0.25, 0.3) is 0 Å². The normalized spacial score (nSPS) is 11.9. The van der Waals surface area contributed by atoms with Gasteiger partial charge in [-0.25, -0.2) is 4.79 Å². The number of carbonyl (C=O) groups is 1. The van der Waals surface area contributed by atoms with Crippen LogP contribution in [0.3, 0.4) is 0 Å². The molecule has 0 heterocycles. The number of ether oxygens (including phenoxy) is 2. The second-order valence-corrected chi connectivity index (χ2v) is 3.33. The van der Waals surface area contributed by atoms with E-state index in [4.69, 9.17) is 19.7 Å². The van der Waals surface area contributed by atoms with Crippen molar-refractivity contribution in [3.05, 3.63) is 23.8 Å². The molecule has 1 aromatic rings. The van der Waals surface area contributed by atoms with Gasteiger partial charge in [0.2, 0.25) is 0 Å². The van der Waals surface area contributed by atoms with Crippen LogP contribution in [-0.4, -0.2) is 36.0 Å². The number of carboxylic acid groups (broad SMARTS) is 1. The van der Waals surface area contributed by atoms with E-state index in [1.54, 1.807) is 6.92 Å². The number of methoxy groups -OCH3 is 1. The van der Waals surface area contributed by atoms with Gasteiger partial charge in [0.05, 0.1) is 18.8 Å². The van der Waals surface area contributed by atoms with Crippen molar-refractivity contribution in [2.75, 3.05) is 13.7 Å². The molecular weight excluding hydrogens is 212 g/mol. The quantitative estimate of drug-likeness (QED) is 0.787. The molecule has 0 spiro atoms. The van der Waals surface area contributed by atoms with E-state index in [0.717, 1.165) is 0 Å². The van der Waals surface area contributed by atoms with Gasteiger partial charge in [0.1, 0.15) is 6.61 Å². The first-order valence-electron chi connectivity index (χ1n) is 4.76. The molecule has 0 amide bonds. The van der Waals surface area contributed by atoms with Gasteiger partial charge in [-0.1, -0.05) is 0 Å². The van der Waals surface area contributed by atoms with Crippen LogP contribution in [0, 0.1) is 0 Å². The molecule has 1 aromatic carbocycles. The Hall–Kier alpha value is -1.75. The van der Waals surface area contributed by atoms with Crippen LogP contribution in [0.5, 0.6) is 11.5 Å². The lowest BCUT2D eigenvalue weighted by Crippen LogP contribution is -2.13.